The van der Waals surface area contributed by atoms with Gasteiger partial charge >= 0.3 is 0 Å². The summed E-state index contributed by atoms with van der Waals surface area (Å²) in [6.45, 7) is 0. The van der Waals surface area contributed by atoms with Gasteiger partial charge in [0.1, 0.15) is 11.7 Å². The Morgan fingerprint density at radius 2 is 1.78 bits per heavy atom. The van der Waals surface area contributed by atoms with E-state index in [4.69, 9.17) is 21.3 Å². The predicted octanol–water partition coefficient (Wildman–Crippen LogP) is 4.41. The topological polar surface area (TPSA) is 78.5 Å². The molecule has 0 aliphatic rings. The minimum absolute atomic E-state index is 0.210. The number of furan rings is 1. The van der Waals surface area contributed by atoms with Gasteiger partial charge in [-0.2, -0.15) is 15.6 Å². The van der Waals surface area contributed by atoms with Gasteiger partial charge in [0.2, 0.25) is 0 Å². The first-order chi connectivity index (χ1) is 11.2. The zero-order valence-corrected chi connectivity index (χ0v) is 12.5. The Balaban J connectivity index is 1.81. The van der Waals surface area contributed by atoms with E-state index in [9.17, 15) is 0 Å². The van der Waals surface area contributed by atoms with E-state index in [0.29, 0.717) is 16.5 Å². The fourth-order valence-electron chi connectivity index (χ4n) is 2.45. The van der Waals surface area contributed by atoms with Crippen molar-refractivity contribution >= 4 is 22.6 Å². The van der Waals surface area contributed by atoms with E-state index in [1.54, 1.807) is 0 Å². The highest BCUT2D eigenvalue weighted by Gasteiger charge is 2.15. The summed E-state index contributed by atoms with van der Waals surface area (Å²) in [5.74, 6) is 0.513. The quantitative estimate of drug-likeness (QED) is 0.593. The summed E-state index contributed by atoms with van der Waals surface area (Å²) in [6, 6.07) is 17.4. The molecule has 4 rings (SSSR count). The Hall–Kier alpha value is -3.10. The predicted molar refractivity (Wildman–Crippen MR) is 86.8 cm³/mol. The van der Waals surface area contributed by atoms with Crippen LogP contribution < -0.4 is 0 Å². The first kappa shape index (κ1) is 13.6. The Bertz CT molecular complexity index is 1040. The van der Waals surface area contributed by atoms with Crippen molar-refractivity contribution in [1.29, 1.82) is 5.26 Å². The lowest BCUT2D eigenvalue weighted by molar-refractivity contribution is 0.628. The number of rotatable bonds is 2. The Morgan fingerprint density at radius 1 is 1.00 bits per heavy atom. The molecule has 0 fully saturated rings. The summed E-state index contributed by atoms with van der Waals surface area (Å²) >= 11 is 5.92. The molecule has 0 bridgehead atoms. The SMILES string of the molecule is N#Cc1n[nH]nc1-c1cc2ccc(-c3ccc(Cl)cc3)cc2o1. The maximum Gasteiger partial charge on any atom is 0.193 e. The maximum atomic E-state index is 9.03. The number of nitrogens with one attached hydrogen (secondary N) is 1. The lowest BCUT2D eigenvalue weighted by Gasteiger charge is -2.01. The molecule has 0 spiro atoms. The van der Waals surface area contributed by atoms with Crippen LogP contribution in [0.2, 0.25) is 5.02 Å². The third kappa shape index (κ3) is 2.35. The molecule has 110 valence electrons. The molecule has 1 N–H and O–H groups in total. The molecule has 0 unspecified atom stereocenters. The second-order valence-electron chi connectivity index (χ2n) is 5.00. The van der Waals surface area contributed by atoms with Crippen molar-refractivity contribution in [3.05, 3.63) is 59.2 Å². The third-order valence-electron chi connectivity index (χ3n) is 3.58. The van der Waals surface area contributed by atoms with Gasteiger partial charge in [-0.05, 0) is 35.4 Å². The highest BCUT2D eigenvalue weighted by Crippen LogP contribution is 2.31. The number of benzene rings is 2. The largest absolute Gasteiger partial charge is 0.454 e. The van der Waals surface area contributed by atoms with E-state index in [0.717, 1.165) is 22.1 Å². The van der Waals surface area contributed by atoms with Crippen LogP contribution in [0.25, 0.3) is 33.6 Å². The molecule has 2 heterocycles. The molecule has 2 aromatic heterocycles. The summed E-state index contributed by atoms with van der Waals surface area (Å²) in [5, 5.41) is 20.9. The Kier molecular flexibility index (Phi) is 3.11. The number of hydrogen-bond donors (Lipinski definition) is 1. The number of aromatic amines is 1. The molecular formula is C17H9ClN4O. The van der Waals surface area contributed by atoms with E-state index < -0.39 is 0 Å². The van der Waals surface area contributed by atoms with Crippen LogP contribution in [0.4, 0.5) is 0 Å². The van der Waals surface area contributed by atoms with E-state index in [1.807, 2.05) is 54.6 Å². The molecule has 0 atom stereocenters. The number of nitriles is 1. The zero-order chi connectivity index (χ0) is 15.8. The van der Waals surface area contributed by atoms with Gasteiger partial charge in [-0.3, -0.25) is 0 Å². The number of nitrogens with zero attached hydrogens (tertiary/aromatic N) is 3. The minimum Gasteiger partial charge on any atom is -0.454 e. The molecule has 0 amide bonds. The molecule has 23 heavy (non-hydrogen) atoms. The van der Waals surface area contributed by atoms with Crippen molar-refractivity contribution in [2.24, 2.45) is 0 Å². The number of fused-ring (bicyclic) bond motifs is 1. The normalized spacial score (nSPS) is 10.8. The maximum absolute atomic E-state index is 9.03. The van der Waals surface area contributed by atoms with Crippen LogP contribution in [0.5, 0.6) is 0 Å². The van der Waals surface area contributed by atoms with Gasteiger partial charge in [0.15, 0.2) is 17.1 Å². The summed E-state index contributed by atoms with van der Waals surface area (Å²) in [6.07, 6.45) is 0. The van der Waals surface area contributed by atoms with Crippen LogP contribution in [0.3, 0.4) is 0 Å². The number of hydrogen-bond acceptors (Lipinski definition) is 4. The Morgan fingerprint density at radius 3 is 2.57 bits per heavy atom. The average Bonchev–Trinajstić information content (AvgIpc) is 3.20. The summed E-state index contributed by atoms with van der Waals surface area (Å²) < 4.78 is 5.84. The molecule has 0 aliphatic heterocycles. The van der Waals surface area contributed by atoms with Crippen molar-refractivity contribution in [3.8, 4) is 28.7 Å². The molecule has 0 saturated heterocycles. The highest BCUT2D eigenvalue weighted by atomic mass is 35.5. The van der Waals surface area contributed by atoms with Crippen LogP contribution in [0, 0.1) is 11.3 Å². The van der Waals surface area contributed by atoms with E-state index in [-0.39, 0.29) is 5.69 Å². The van der Waals surface area contributed by atoms with Crippen molar-refractivity contribution < 1.29 is 4.42 Å². The van der Waals surface area contributed by atoms with Crippen molar-refractivity contribution in [2.75, 3.05) is 0 Å². The summed E-state index contributed by atoms with van der Waals surface area (Å²) in [7, 11) is 0. The molecule has 2 aromatic carbocycles. The summed E-state index contributed by atoms with van der Waals surface area (Å²) in [4.78, 5) is 0. The molecule has 6 heteroatoms. The first-order valence-corrected chi connectivity index (χ1v) is 7.23. The first-order valence-electron chi connectivity index (χ1n) is 6.85. The molecule has 0 radical (unpaired) electrons. The van der Waals surface area contributed by atoms with E-state index >= 15 is 0 Å². The van der Waals surface area contributed by atoms with E-state index in [1.165, 1.54) is 0 Å². The molecule has 0 saturated carbocycles. The molecular weight excluding hydrogens is 312 g/mol. The molecule has 0 aliphatic carbocycles. The van der Waals surface area contributed by atoms with E-state index in [2.05, 4.69) is 15.4 Å². The van der Waals surface area contributed by atoms with Gasteiger partial charge in [0.25, 0.3) is 0 Å². The average molecular weight is 321 g/mol. The number of halogens is 1. The van der Waals surface area contributed by atoms with Gasteiger partial charge in [-0.15, -0.1) is 5.10 Å². The van der Waals surface area contributed by atoms with Crippen molar-refractivity contribution in [3.63, 3.8) is 0 Å². The molecule has 5 nitrogen and oxygen atoms in total. The Labute approximate surface area is 136 Å². The van der Waals surface area contributed by atoms with Crippen LogP contribution in [0.15, 0.2) is 52.9 Å². The minimum atomic E-state index is 0.210. The van der Waals surface area contributed by atoms with Gasteiger partial charge < -0.3 is 4.42 Å². The van der Waals surface area contributed by atoms with Crippen LogP contribution >= 0.6 is 11.6 Å². The lowest BCUT2D eigenvalue weighted by atomic mass is 10.0. The molecule has 4 aromatic rings. The number of aromatic nitrogens is 3. The van der Waals surface area contributed by atoms with Crippen molar-refractivity contribution in [2.45, 2.75) is 0 Å². The number of H-pyrrole nitrogens is 1. The van der Waals surface area contributed by atoms with Crippen molar-refractivity contribution in [1.82, 2.24) is 15.4 Å². The monoisotopic (exact) mass is 320 g/mol. The fourth-order valence-corrected chi connectivity index (χ4v) is 2.58. The van der Waals surface area contributed by atoms with Gasteiger partial charge in [-0.25, -0.2) is 0 Å². The zero-order valence-electron chi connectivity index (χ0n) is 11.7. The van der Waals surface area contributed by atoms with Gasteiger partial charge in [0, 0.05) is 10.4 Å². The van der Waals surface area contributed by atoms with Crippen LogP contribution in [0.1, 0.15) is 5.69 Å². The third-order valence-corrected chi connectivity index (χ3v) is 3.84. The standard InChI is InChI=1S/C17H9ClN4O/c18-13-5-3-10(4-6-13)11-1-2-12-8-16(23-15(12)7-11)17-14(9-19)20-22-21-17/h1-8H,(H,20,21,22). The van der Waals surface area contributed by atoms with Crippen LogP contribution in [-0.2, 0) is 0 Å². The van der Waals surface area contributed by atoms with Gasteiger partial charge in [0.05, 0.1) is 0 Å². The smallest absolute Gasteiger partial charge is 0.193 e. The highest BCUT2D eigenvalue weighted by molar-refractivity contribution is 6.30. The van der Waals surface area contributed by atoms with Crippen LogP contribution in [-0.4, -0.2) is 15.4 Å². The second kappa shape index (κ2) is 5.27. The fraction of sp³-hybridized carbons (Fsp3) is 0. The summed E-state index contributed by atoms with van der Waals surface area (Å²) in [5.41, 5.74) is 3.42. The lowest BCUT2D eigenvalue weighted by Crippen LogP contribution is -1.78. The second-order valence-corrected chi connectivity index (χ2v) is 5.44. The van der Waals surface area contributed by atoms with Gasteiger partial charge in [-0.1, -0.05) is 35.9 Å².